The SMILES string of the molecule is CC1CN(C(=O)C2CC=CC2)CC(CO)O1. The maximum atomic E-state index is 12.2. The average molecular weight is 225 g/mol. The topological polar surface area (TPSA) is 49.8 Å². The lowest BCUT2D eigenvalue weighted by molar-refractivity contribution is -0.150. The zero-order valence-electron chi connectivity index (χ0n) is 9.63. The Labute approximate surface area is 95.9 Å². The van der Waals surface area contributed by atoms with Gasteiger partial charge in [-0.25, -0.2) is 0 Å². The molecule has 1 aliphatic carbocycles. The molecule has 0 aromatic carbocycles. The smallest absolute Gasteiger partial charge is 0.226 e. The van der Waals surface area contributed by atoms with Gasteiger partial charge in [-0.3, -0.25) is 4.79 Å². The number of morpholine rings is 1. The van der Waals surface area contributed by atoms with Gasteiger partial charge >= 0.3 is 0 Å². The Morgan fingerprint density at radius 2 is 2.12 bits per heavy atom. The molecular formula is C12H19NO3. The van der Waals surface area contributed by atoms with E-state index in [1.165, 1.54) is 0 Å². The van der Waals surface area contributed by atoms with Crippen molar-refractivity contribution in [2.45, 2.75) is 32.0 Å². The van der Waals surface area contributed by atoms with Gasteiger partial charge in [0.1, 0.15) is 0 Å². The summed E-state index contributed by atoms with van der Waals surface area (Å²) >= 11 is 0. The molecular weight excluding hydrogens is 206 g/mol. The largest absolute Gasteiger partial charge is 0.394 e. The van der Waals surface area contributed by atoms with E-state index < -0.39 is 0 Å². The van der Waals surface area contributed by atoms with E-state index in [0.29, 0.717) is 13.1 Å². The number of carbonyl (C=O) groups excluding carboxylic acids is 1. The molecule has 16 heavy (non-hydrogen) atoms. The minimum atomic E-state index is -0.220. The minimum Gasteiger partial charge on any atom is -0.394 e. The number of allylic oxidation sites excluding steroid dienone is 2. The van der Waals surface area contributed by atoms with Crippen LogP contribution in [0.5, 0.6) is 0 Å². The lowest BCUT2D eigenvalue weighted by atomic mass is 10.0. The summed E-state index contributed by atoms with van der Waals surface area (Å²) in [6.45, 7) is 3.09. The van der Waals surface area contributed by atoms with Crippen molar-refractivity contribution < 1.29 is 14.6 Å². The molecule has 0 radical (unpaired) electrons. The molecule has 1 amide bonds. The van der Waals surface area contributed by atoms with Crippen LogP contribution in [-0.2, 0) is 9.53 Å². The third-order valence-electron chi connectivity index (χ3n) is 3.20. The van der Waals surface area contributed by atoms with Gasteiger partial charge in [0.15, 0.2) is 0 Å². The molecule has 2 atom stereocenters. The molecule has 0 aromatic rings. The Hall–Kier alpha value is -0.870. The molecule has 0 bridgehead atoms. The second-order valence-electron chi connectivity index (χ2n) is 4.63. The number of hydrogen-bond acceptors (Lipinski definition) is 3. The quantitative estimate of drug-likeness (QED) is 0.699. The van der Waals surface area contributed by atoms with Gasteiger partial charge in [-0.1, -0.05) is 12.2 Å². The fourth-order valence-corrected chi connectivity index (χ4v) is 2.40. The summed E-state index contributed by atoms with van der Waals surface area (Å²) in [5, 5.41) is 9.10. The third-order valence-corrected chi connectivity index (χ3v) is 3.20. The maximum Gasteiger partial charge on any atom is 0.226 e. The number of rotatable bonds is 2. The fourth-order valence-electron chi connectivity index (χ4n) is 2.40. The second-order valence-corrected chi connectivity index (χ2v) is 4.63. The van der Waals surface area contributed by atoms with E-state index >= 15 is 0 Å². The number of ether oxygens (including phenoxy) is 1. The molecule has 1 saturated heterocycles. The first kappa shape index (κ1) is 11.6. The first-order valence-corrected chi connectivity index (χ1v) is 5.90. The zero-order valence-corrected chi connectivity index (χ0v) is 9.63. The van der Waals surface area contributed by atoms with Gasteiger partial charge in [-0.05, 0) is 19.8 Å². The number of amides is 1. The Morgan fingerprint density at radius 3 is 2.75 bits per heavy atom. The molecule has 2 aliphatic rings. The van der Waals surface area contributed by atoms with E-state index in [-0.39, 0.29) is 30.6 Å². The lowest BCUT2D eigenvalue weighted by Gasteiger charge is -2.37. The van der Waals surface area contributed by atoms with Crippen LogP contribution in [0.15, 0.2) is 12.2 Å². The van der Waals surface area contributed by atoms with Crippen molar-refractivity contribution in [2.75, 3.05) is 19.7 Å². The normalized spacial score (nSPS) is 31.0. The summed E-state index contributed by atoms with van der Waals surface area (Å²) in [5.74, 6) is 0.322. The van der Waals surface area contributed by atoms with Crippen LogP contribution < -0.4 is 0 Å². The summed E-state index contributed by atoms with van der Waals surface area (Å²) in [6.07, 6.45) is 5.64. The van der Waals surface area contributed by atoms with Crippen molar-refractivity contribution in [3.8, 4) is 0 Å². The maximum absolute atomic E-state index is 12.2. The van der Waals surface area contributed by atoms with E-state index in [4.69, 9.17) is 9.84 Å². The minimum absolute atomic E-state index is 0.0168. The number of carbonyl (C=O) groups is 1. The highest BCUT2D eigenvalue weighted by atomic mass is 16.5. The Bertz CT molecular complexity index is 282. The third kappa shape index (κ3) is 2.44. The van der Waals surface area contributed by atoms with E-state index in [2.05, 4.69) is 12.2 Å². The summed E-state index contributed by atoms with van der Waals surface area (Å²) in [7, 11) is 0. The van der Waals surface area contributed by atoms with Crippen molar-refractivity contribution in [2.24, 2.45) is 5.92 Å². The summed E-state index contributed by atoms with van der Waals surface area (Å²) in [4.78, 5) is 14.0. The molecule has 2 rings (SSSR count). The highest BCUT2D eigenvalue weighted by Gasteiger charge is 2.31. The van der Waals surface area contributed by atoms with Crippen LogP contribution in [-0.4, -0.2) is 47.8 Å². The highest BCUT2D eigenvalue weighted by Crippen LogP contribution is 2.22. The lowest BCUT2D eigenvalue weighted by Crippen LogP contribution is -2.51. The van der Waals surface area contributed by atoms with Gasteiger partial charge in [0.25, 0.3) is 0 Å². The summed E-state index contributed by atoms with van der Waals surface area (Å²) in [6, 6.07) is 0. The van der Waals surface area contributed by atoms with Crippen LogP contribution >= 0.6 is 0 Å². The van der Waals surface area contributed by atoms with Crippen molar-refractivity contribution in [1.29, 1.82) is 0 Å². The molecule has 1 heterocycles. The Morgan fingerprint density at radius 1 is 1.44 bits per heavy atom. The molecule has 1 aliphatic heterocycles. The molecule has 0 spiro atoms. The van der Waals surface area contributed by atoms with Gasteiger partial charge in [0.05, 0.1) is 18.8 Å². The van der Waals surface area contributed by atoms with Crippen LogP contribution in [0.25, 0.3) is 0 Å². The predicted molar refractivity (Wildman–Crippen MR) is 59.9 cm³/mol. The molecule has 1 N–H and O–H groups in total. The van der Waals surface area contributed by atoms with Crippen molar-refractivity contribution in [3.05, 3.63) is 12.2 Å². The Balaban J connectivity index is 1.94. The second kappa shape index (κ2) is 4.97. The number of nitrogens with zero attached hydrogens (tertiary/aromatic N) is 1. The van der Waals surface area contributed by atoms with E-state index in [1.54, 1.807) is 0 Å². The van der Waals surface area contributed by atoms with Gasteiger partial charge in [0.2, 0.25) is 5.91 Å². The molecule has 2 unspecified atom stereocenters. The van der Waals surface area contributed by atoms with Crippen LogP contribution in [0.3, 0.4) is 0 Å². The average Bonchev–Trinajstić information content (AvgIpc) is 2.80. The van der Waals surface area contributed by atoms with Gasteiger partial charge in [-0.15, -0.1) is 0 Å². The fraction of sp³-hybridized carbons (Fsp3) is 0.750. The van der Waals surface area contributed by atoms with Gasteiger partial charge in [-0.2, -0.15) is 0 Å². The van der Waals surface area contributed by atoms with E-state index in [9.17, 15) is 4.79 Å². The molecule has 90 valence electrons. The molecule has 4 heteroatoms. The Kier molecular flexibility index (Phi) is 3.61. The highest BCUT2D eigenvalue weighted by molar-refractivity contribution is 5.79. The van der Waals surface area contributed by atoms with Gasteiger partial charge < -0.3 is 14.7 Å². The molecule has 4 nitrogen and oxygen atoms in total. The zero-order chi connectivity index (χ0) is 11.5. The molecule has 0 aromatic heterocycles. The number of aliphatic hydroxyl groups excluding tert-OH is 1. The predicted octanol–water partition coefficient (Wildman–Crippen LogP) is 0.561. The standard InChI is InChI=1S/C12H19NO3/c1-9-6-13(7-11(8-14)16-9)12(15)10-4-2-3-5-10/h2-3,9-11,14H,4-8H2,1H3. The van der Waals surface area contributed by atoms with E-state index in [1.807, 2.05) is 11.8 Å². The van der Waals surface area contributed by atoms with E-state index in [0.717, 1.165) is 12.8 Å². The number of aliphatic hydroxyl groups is 1. The first-order chi connectivity index (χ1) is 7.70. The van der Waals surface area contributed by atoms with Crippen molar-refractivity contribution in [3.63, 3.8) is 0 Å². The van der Waals surface area contributed by atoms with Crippen molar-refractivity contribution in [1.82, 2.24) is 4.90 Å². The molecule has 0 saturated carbocycles. The van der Waals surface area contributed by atoms with Crippen LogP contribution in [0, 0.1) is 5.92 Å². The summed E-state index contributed by atoms with van der Waals surface area (Å²) < 4.78 is 5.52. The number of hydrogen-bond donors (Lipinski definition) is 1. The van der Waals surface area contributed by atoms with Crippen LogP contribution in [0.2, 0.25) is 0 Å². The van der Waals surface area contributed by atoms with Gasteiger partial charge in [0, 0.05) is 19.0 Å². The monoisotopic (exact) mass is 225 g/mol. The van der Waals surface area contributed by atoms with Crippen molar-refractivity contribution >= 4 is 5.91 Å². The first-order valence-electron chi connectivity index (χ1n) is 5.90. The summed E-state index contributed by atoms with van der Waals surface area (Å²) in [5.41, 5.74) is 0. The molecule has 1 fully saturated rings. The van der Waals surface area contributed by atoms with Crippen LogP contribution in [0.1, 0.15) is 19.8 Å². The van der Waals surface area contributed by atoms with Crippen LogP contribution in [0.4, 0.5) is 0 Å².